The van der Waals surface area contributed by atoms with Crippen molar-refractivity contribution in [2.24, 2.45) is 5.41 Å². The van der Waals surface area contributed by atoms with Gasteiger partial charge in [0.05, 0.1) is 11.8 Å². The fourth-order valence-electron chi connectivity index (χ4n) is 3.88. The summed E-state index contributed by atoms with van der Waals surface area (Å²) < 4.78 is 1.70. The van der Waals surface area contributed by atoms with Crippen LogP contribution in [0.5, 0.6) is 0 Å². The second kappa shape index (κ2) is 5.02. The highest BCUT2D eigenvalue weighted by Gasteiger charge is 2.53. The number of likely N-dealkylation sites (tertiary alicyclic amines) is 1. The second-order valence-electron chi connectivity index (χ2n) is 7.04. The number of nitrogens with zero attached hydrogens (tertiary/aromatic N) is 6. The zero-order valence-corrected chi connectivity index (χ0v) is 13.6. The van der Waals surface area contributed by atoms with E-state index in [2.05, 4.69) is 26.3 Å². The first-order valence-corrected chi connectivity index (χ1v) is 8.59. The highest BCUT2D eigenvalue weighted by Crippen LogP contribution is 2.47. The topological polar surface area (TPSA) is 103 Å². The molecular weight excluding hydrogens is 318 g/mol. The van der Waals surface area contributed by atoms with E-state index in [0.717, 1.165) is 41.6 Å². The molecule has 3 aromatic rings. The molecule has 1 aliphatic carbocycles. The number of nitriles is 1. The second-order valence-corrected chi connectivity index (χ2v) is 7.04. The molecule has 1 aliphatic heterocycles. The first-order valence-electron chi connectivity index (χ1n) is 8.59. The van der Waals surface area contributed by atoms with Gasteiger partial charge in [-0.2, -0.15) is 5.26 Å². The maximum Gasteiger partial charge on any atom is 0.243 e. The van der Waals surface area contributed by atoms with Crippen molar-refractivity contribution >= 4 is 22.5 Å². The first kappa shape index (κ1) is 14.4. The van der Waals surface area contributed by atoms with Crippen molar-refractivity contribution in [2.75, 3.05) is 13.1 Å². The molecule has 1 N–H and O–H groups in total. The first-order chi connectivity index (χ1) is 12.2. The molecule has 1 atom stereocenters. The molecular formula is C17H17N7O. The van der Waals surface area contributed by atoms with E-state index in [0.29, 0.717) is 19.4 Å². The number of aromatic nitrogens is 5. The Hall–Kier alpha value is -2.95. The van der Waals surface area contributed by atoms with Crippen molar-refractivity contribution in [3.8, 4) is 6.07 Å². The third-order valence-electron chi connectivity index (χ3n) is 5.47. The van der Waals surface area contributed by atoms with Crippen molar-refractivity contribution in [3.05, 3.63) is 24.3 Å². The van der Waals surface area contributed by atoms with Gasteiger partial charge in [-0.05, 0) is 31.7 Å². The number of hydrogen-bond acceptors (Lipinski definition) is 5. The average Bonchev–Trinajstić information content (AvgIpc) is 3.10. The van der Waals surface area contributed by atoms with Gasteiger partial charge in [-0.1, -0.05) is 5.21 Å². The fraction of sp³-hybridized carbons (Fsp3) is 0.471. The summed E-state index contributed by atoms with van der Waals surface area (Å²) in [6.45, 7) is 1.32. The number of carbonyl (C=O) groups excluding carboxylic acids is 1. The molecule has 0 bridgehead atoms. The normalized spacial score (nSPS) is 22.2. The van der Waals surface area contributed by atoms with Crippen LogP contribution in [0.3, 0.4) is 0 Å². The molecule has 0 radical (unpaired) electrons. The van der Waals surface area contributed by atoms with E-state index >= 15 is 0 Å². The van der Waals surface area contributed by atoms with Crippen LogP contribution in [0.15, 0.2) is 18.6 Å². The largest absolute Gasteiger partial charge is 0.346 e. The van der Waals surface area contributed by atoms with Gasteiger partial charge in [-0.15, -0.1) is 5.10 Å². The molecule has 126 valence electrons. The molecule has 0 aromatic carbocycles. The van der Waals surface area contributed by atoms with Gasteiger partial charge in [0, 0.05) is 30.6 Å². The number of hydrogen-bond donors (Lipinski definition) is 1. The van der Waals surface area contributed by atoms with E-state index in [9.17, 15) is 10.1 Å². The van der Waals surface area contributed by atoms with Crippen molar-refractivity contribution in [1.82, 2.24) is 29.7 Å². The van der Waals surface area contributed by atoms with Crippen LogP contribution in [0.4, 0.5) is 0 Å². The van der Waals surface area contributed by atoms with Crippen molar-refractivity contribution in [1.29, 1.82) is 5.26 Å². The highest BCUT2D eigenvalue weighted by atomic mass is 16.2. The molecule has 3 aromatic heterocycles. The number of fused-ring (bicyclic) bond motifs is 3. The Morgan fingerprint density at radius 2 is 2.32 bits per heavy atom. The maximum atomic E-state index is 12.7. The van der Waals surface area contributed by atoms with Gasteiger partial charge >= 0.3 is 0 Å². The molecule has 5 rings (SSSR count). The molecule has 25 heavy (non-hydrogen) atoms. The van der Waals surface area contributed by atoms with Gasteiger partial charge in [0.15, 0.2) is 0 Å². The number of nitrogens with one attached hydrogen (secondary N) is 1. The number of piperidine rings is 1. The van der Waals surface area contributed by atoms with Crippen molar-refractivity contribution in [2.45, 2.75) is 31.6 Å². The van der Waals surface area contributed by atoms with Crippen LogP contribution < -0.4 is 0 Å². The minimum absolute atomic E-state index is 0.00960. The summed E-state index contributed by atoms with van der Waals surface area (Å²) in [5.41, 5.74) is 1.91. The monoisotopic (exact) mass is 335 g/mol. The van der Waals surface area contributed by atoms with Crippen LogP contribution in [-0.4, -0.2) is 48.7 Å². The Morgan fingerprint density at radius 1 is 1.44 bits per heavy atom. The van der Waals surface area contributed by atoms with E-state index in [4.69, 9.17) is 0 Å². The SMILES string of the molecule is N#CC1(C(=O)N2CCC[C@@H](c3nnn4cnc5[nH]ccc5c34)C2)CC1. The Bertz CT molecular complexity index is 1020. The minimum Gasteiger partial charge on any atom is -0.346 e. The maximum absolute atomic E-state index is 12.7. The highest BCUT2D eigenvalue weighted by molar-refractivity contribution is 5.93. The number of H-pyrrole nitrogens is 1. The number of aromatic amines is 1. The average molecular weight is 335 g/mol. The minimum atomic E-state index is -0.756. The molecule has 8 nitrogen and oxygen atoms in total. The summed E-state index contributed by atoms with van der Waals surface area (Å²) in [5, 5.41) is 18.9. The van der Waals surface area contributed by atoms with Crippen LogP contribution in [-0.2, 0) is 4.79 Å². The molecule has 1 amide bonds. The van der Waals surface area contributed by atoms with Gasteiger partial charge in [-0.25, -0.2) is 9.50 Å². The number of rotatable bonds is 2. The van der Waals surface area contributed by atoms with Crippen LogP contribution in [0.1, 0.15) is 37.3 Å². The zero-order chi connectivity index (χ0) is 17.0. The van der Waals surface area contributed by atoms with Gasteiger partial charge < -0.3 is 9.88 Å². The standard InChI is InChI=1S/C17H17N7O/c18-9-17(4-5-17)16(25)23-7-1-2-11(8-23)13-14-12-3-6-19-15(12)20-10-24(14)22-21-13/h3,6,10-11,19H,1-2,4-5,7-8H2/t11-/m1/s1. The Labute approximate surface area is 143 Å². The van der Waals surface area contributed by atoms with Crippen molar-refractivity contribution in [3.63, 3.8) is 0 Å². The molecule has 0 spiro atoms. The molecule has 2 fully saturated rings. The van der Waals surface area contributed by atoms with E-state index in [-0.39, 0.29) is 11.8 Å². The van der Waals surface area contributed by atoms with Crippen LogP contribution in [0.25, 0.3) is 16.6 Å². The lowest BCUT2D eigenvalue weighted by molar-refractivity contribution is -0.136. The Kier molecular flexibility index (Phi) is 2.89. The molecule has 1 saturated carbocycles. The number of carbonyl (C=O) groups is 1. The summed E-state index contributed by atoms with van der Waals surface area (Å²) in [7, 11) is 0. The summed E-state index contributed by atoms with van der Waals surface area (Å²) in [4.78, 5) is 22.0. The predicted octanol–water partition coefficient (Wildman–Crippen LogP) is 1.62. The van der Waals surface area contributed by atoms with Gasteiger partial charge in [-0.3, -0.25) is 4.79 Å². The molecule has 1 saturated heterocycles. The molecule has 0 unspecified atom stereocenters. The summed E-state index contributed by atoms with van der Waals surface area (Å²) in [6.07, 6.45) is 6.77. The van der Waals surface area contributed by atoms with E-state index in [1.165, 1.54) is 0 Å². The molecule has 8 heteroatoms. The summed E-state index contributed by atoms with van der Waals surface area (Å²) in [6, 6.07) is 4.19. The van der Waals surface area contributed by atoms with Crippen LogP contribution in [0.2, 0.25) is 0 Å². The van der Waals surface area contributed by atoms with Gasteiger partial charge in [0.25, 0.3) is 0 Å². The lowest BCUT2D eigenvalue weighted by Gasteiger charge is -2.33. The third-order valence-corrected chi connectivity index (χ3v) is 5.47. The van der Waals surface area contributed by atoms with E-state index < -0.39 is 5.41 Å². The molecule has 2 aliphatic rings. The quantitative estimate of drug-likeness (QED) is 0.766. The molecule has 4 heterocycles. The lowest BCUT2D eigenvalue weighted by Crippen LogP contribution is -2.43. The van der Waals surface area contributed by atoms with Crippen LogP contribution in [0, 0.1) is 16.7 Å². The van der Waals surface area contributed by atoms with E-state index in [1.54, 1.807) is 10.8 Å². The van der Waals surface area contributed by atoms with Gasteiger partial charge in [0.2, 0.25) is 5.91 Å². The number of amides is 1. The fourth-order valence-corrected chi connectivity index (χ4v) is 3.88. The third kappa shape index (κ3) is 2.05. The van der Waals surface area contributed by atoms with Gasteiger partial charge in [0.1, 0.15) is 22.9 Å². The zero-order valence-electron chi connectivity index (χ0n) is 13.6. The Balaban J connectivity index is 1.51. The van der Waals surface area contributed by atoms with Crippen molar-refractivity contribution < 1.29 is 4.79 Å². The van der Waals surface area contributed by atoms with Crippen LogP contribution >= 0.6 is 0 Å². The summed E-state index contributed by atoms with van der Waals surface area (Å²) >= 11 is 0. The van der Waals surface area contributed by atoms with E-state index in [1.807, 2.05) is 17.2 Å². The lowest BCUT2D eigenvalue weighted by atomic mass is 9.92. The smallest absolute Gasteiger partial charge is 0.243 e. The Morgan fingerprint density at radius 3 is 3.12 bits per heavy atom. The predicted molar refractivity (Wildman–Crippen MR) is 88.5 cm³/mol. The summed E-state index contributed by atoms with van der Waals surface area (Å²) in [5.74, 6) is 0.120.